The standard InChI is InChI=1S/C21H34O5/c1-15(2)17-9-8-16(3)18(10-11-21(4,5)20(22)24-7)19(17)26-14-25-13-12-23-6/h8,10,17,19H,1,9,11-14H2,2-7H3/b18-10+/t17-,19-/m1/s1. The van der Waals surface area contributed by atoms with Gasteiger partial charge in [0.15, 0.2) is 0 Å². The Bertz CT molecular complexity index is 545. The maximum atomic E-state index is 12.0. The fraction of sp³-hybridized carbons (Fsp3) is 0.667. The molecular formula is C21H34O5. The Labute approximate surface area is 158 Å². The van der Waals surface area contributed by atoms with Crippen molar-refractivity contribution in [2.45, 2.75) is 46.6 Å². The molecule has 0 spiro atoms. The first-order valence-electron chi connectivity index (χ1n) is 9.04. The Morgan fingerprint density at radius 3 is 2.62 bits per heavy atom. The van der Waals surface area contributed by atoms with Crippen molar-refractivity contribution in [1.82, 2.24) is 0 Å². The smallest absolute Gasteiger partial charge is 0.311 e. The van der Waals surface area contributed by atoms with E-state index < -0.39 is 5.41 Å². The molecule has 2 atom stereocenters. The third-order valence-corrected chi connectivity index (χ3v) is 4.77. The van der Waals surface area contributed by atoms with Crippen LogP contribution in [0.15, 0.2) is 35.5 Å². The molecule has 0 aliphatic heterocycles. The van der Waals surface area contributed by atoms with Crippen molar-refractivity contribution in [1.29, 1.82) is 0 Å². The monoisotopic (exact) mass is 366 g/mol. The highest BCUT2D eigenvalue weighted by Crippen LogP contribution is 2.36. The molecule has 1 rings (SSSR count). The zero-order valence-corrected chi connectivity index (χ0v) is 17.1. The normalized spacial score (nSPS) is 22.2. The van der Waals surface area contributed by atoms with Crippen molar-refractivity contribution >= 4 is 5.97 Å². The molecule has 0 aromatic carbocycles. The van der Waals surface area contributed by atoms with E-state index in [0.29, 0.717) is 19.6 Å². The van der Waals surface area contributed by atoms with Crippen LogP contribution in [0.5, 0.6) is 0 Å². The number of ether oxygens (including phenoxy) is 4. The molecule has 0 bridgehead atoms. The summed E-state index contributed by atoms with van der Waals surface area (Å²) < 4.78 is 21.5. The largest absolute Gasteiger partial charge is 0.469 e. The quantitative estimate of drug-likeness (QED) is 0.253. The first kappa shape index (κ1) is 22.6. The molecule has 148 valence electrons. The van der Waals surface area contributed by atoms with Crippen LogP contribution in [0.1, 0.15) is 40.5 Å². The molecule has 0 aromatic rings. The summed E-state index contributed by atoms with van der Waals surface area (Å²) in [6.45, 7) is 13.2. The molecule has 0 amide bonds. The van der Waals surface area contributed by atoms with Gasteiger partial charge in [-0.3, -0.25) is 4.79 Å². The fourth-order valence-corrected chi connectivity index (χ4v) is 2.98. The molecule has 5 nitrogen and oxygen atoms in total. The predicted molar refractivity (Wildman–Crippen MR) is 103 cm³/mol. The van der Waals surface area contributed by atoms with Crippen LogP contribution in [-0.2, 0) is 23.7 Å². The molecule has 26 heavy (non-hydrogen) atoms. The summed E-state index contributed by atoms with van der Waals surface area (Å²) in [6, 6.07) is 0. The minimum Gasteiger partial charge on any atom is -0.469 e. The van der Waals surface area contributed by atoms with E-state index >= 15 is 0 Å². The molecule has 0 aromatic heterocycles. The van der Waals surface area contributed by atoms with Crippen LogP contribution in [0, 0.1) is 11.3 Å². The molecule has 0 heterocycles. The van der Waals surface area contributed by atoms with Gasteiger partial charge >= 0.3 is 5.97 Å². The Balaban J connectivity index is 2.95. The van der Waals surface area contributed by atoms with E-state index in [1.165, 1.54) is 12.7 Å². The van der Waals surface area contributed by atoms with Gasteiger partial charge < -0.3 is 18.9 Å². The third-order valence-electron chi connectivity index (χ3n) is 4.77. The minimum atomic E-state index is -0.586. The van der Waals surface area contributed by atoms with Gasteiger partial charge in [-0.25, -0.2) is 0 Å². The van der Waals surface area contributed by atoms with Crippen molar-refractivity contribution in [2.75, 3.05) is 34.2 Å². The number of hydrogen-bond acceptors (Lipinski definition) is 5. The fourth-order valence-electron chi connectivity index (χ4n) is 2.98. The number of methoxy groups -OCH3 is 2. The maximum Gasteiger partial charge on any atom is 0.311 e. The summed E-state index contributed by atoms with van der Waals surface area (Å²) in [5.41, 5.74) is 2.76. The molecule has 0 unspecified atom stereocenters. The Morgan fingerprint density at radius 1 is 1.35 bits per heavy atom. The number of carbonyl (C=O) groups excluding carboxylic acids is 1. The van der Waals surface area contributed by atoms with Crippen LogP contribution in [0.3, 0.4) is 0 Å². The van der Waals surface area contributed by atoms with Gasteiger partial charge in [0, 0.05) is 13.0 Å². The highest BCUT2D eigenvalue weighted by Gasteiger charge is 2.32. The maximum absolute atomic E-state index is 12.0. The molecule has 0 fully saturated rings. The van der Waals surface area contributed by atoms with Gasteiger partial charge in [0.2, 0.25) is 0 Å². The number of esters is 1. The third kappa shape index (κ3) is 6.38. The number of hydrogen-bond donors (Lipinski definition) is 0. The summed E-state index contributed by atoms with van der Waals surface area (Å²) in [5, 5.41) is 0. The Morgan fingerprint density at radius 2 is 2.04 bits per heavy atom. The summed E-state index contributed by atoms with van der Waals surface area (Å²) in [4.78, 5) is 12.0. The molecule has 0 saturated carbocycles. The lowest BCUT2D eigenvalue weighted by Gasteiger charge is -2.34. The number of carbonyl (C=O) groups is 1. The van der Waals surface area contributed by atoms with Crippen LogP contribution < -0.4 is 0 Å². The van der Waals surface area contributed by atoms with Crippen molar-refractivity contribution in [3.8, 4) is 0 Å². The average molecular weight is 366 g/mol. The molecule has 1 aliphatic carbocycles. The van der Waals surface area contributed by atoms with Gasteiger partial charge in [0.1, 0.15) is 6.79 Å². The average Bonchev–Trinajstić information content (AvgIpc) is 2.59. The van der Waals surface area contributed by atoms with E-state index in [2.05, 4.69) is 25.7 Å². The molecule has 5 heteroatoms. The molecular weight excluding hydrogens is 332 g/mol. The molecule has 0 saturated heterocycles. The highest BCUT2D eigenvalue weighted by molar-refractivity contribution is 5.76. The summed E-state index contributed by atoms with van der Waals surface area (Å²) in [5.74, 6) is -0.0270. The van der Waals surface area contributed by atoms with Crippen molar-refractivity contribution < 1.29 is 23.7 Å². The second-order valence-corrected chi connectivity index (χ2v) is 7.42. The van der Waals surface area contributed by atoms with Gasteiger partial charge in [-0.05, 0) is 51.7 Å². The highest BCUT2D eigenvalue weighted by atomic mass is 16.7. The lowest BCUT2D eigenvalue weighted by molar-refractivity contribution is -0.150. The second-order valence-electron chi connectivity index (χ2n) is 7.42. The van der Waals surface area contributed by atoms with Crippen molar-refractivity contribution in [3.63, 3.8) is 0 Å². The van der Waals surface area contributed by atoms with Crippen molar-refractivity contribution in [3.05, 3.63) is 35.5 Å². The second kappa shape index (κ2) is 10.7. The first-order chi connectivity index (χ1) is 12.2. The number of rotatable bonds is 10. The van der Waals surface area contributed by atoms with E-state index in [1.807, 2.05) is 20.8 Å². The molecule has 0 N–H and O–H groups in total. The van der Waals surface area contributed by atoms with Crippen molar-refractivity contribution in [2.24, 2.45) is 11.3 Å². The molecule has 1 aliphatic rings. The van der Waals surface area contributed by atoms with Gasteiger partial charge in [-0.2, -0.15) is 0 Å². The molecule has 0 radical (unpaired) electrons. The van der Waals surface area contributed by atoms with E-state index in [-0.39, 0.29) is 24.8 Å². The summed E-state index contributed by atoms with van der Waals surface area (Å²) in [7, 11) is 3.06. The van der Waals surface area contributed by atoms with Crippen LogP contribution >= 0.6 is 0 Å². The minimum absolute atomic E-state index is 0.131. The zero-order valence-electron chi connectivity index (χ0n) is 17.1. The van der Waals surface area contributed by atoms with Gasteiger partial charge in [-0.1, -0.05) is 24.3 Å². The topological polar surface area (TPSA) is 54.0 Å². The van der Waals surface area contributed by atoms with E-state index in [0.717, 1.165) is 17.6 Å². The Hall–Kier alpha value is -1.43. The van der Waals surface area contributed by atoms with Crippen LogP contribution in [0.4, 0.5) is 0 Å². The lowest BCUT2D eigenvalue weighted by Crippen LogP contribution is -2.32. The van der Waals surface area contributed by atoms with E-state index in [4.69, 9.17) is 18.9 Å². The summed E-state index contributed by atoms with van der Waals surface area (Å²) in [6.07, 6.45) is 5.64. The van der Waals surface area contributed by atoms with Crippen LogP contribution in [0.2, 0.25) is 0 Å². The van der Waals surface area contributed by atoms with Crippen LogP contribution in [-0.4, -0.2) is 46.3 Å². The lowest BCUT2D eigenvalue weighted by atomic mass is 9.78. The number of allylic oxidation sites excluding steroid dienone is 2. The summed E-state index contributed by atoms with van der Waals surface area (Å²) >= 11 is 0. The Kier molecular flexibility index (Phi) is 9.27. The van der Waals surface area contributed by atoms with Gasteiger partial charge in [0.25, 0.3) is 0 Å². The SMILES string of the molecule is C=C(C)[C@H]1CC=C(C)/C(=C\CC(C)(C)C(=O)OC)[C@@H]1OCOCCOC. The van der Waals surface area contributed by atoms with Crippen LogP contribution in [0.25, 0.3) is 0 Å². The van der Waals surface area contributed by atoms with Gasteiger partial charge in [0.05, 0.1) is 31.8 Å². The predicted octanol–water partition coefficient (Wildman–Crippen LogP) is 4.05. The van der Waals surface area contributed by atoms with E-state index in [1.54, 1.807) is 7.11 Å². The van der Waals surface area contributed by atoms with Gasteiger partial charge in [-0.15, -0.1) is 0 Å². The first-order valence-corrected chi connectivity index (χ1v) is 9.04. The zero-order chi connectivity index (χ0) is 19.7. The van der Waals surface area contributed by atoms with E-state index in [9.17, 15) is 4.79 Å².